The Morgan fingerprint density at radius 1 is 0.960 bits per heavy atom. The summed E-state index contributed by atoms with van der Waals surface area (Å²) in [7, 11) is 1.68. The van der Waals surface area contributed by atoms with E-state index in [1.165, 1.54) is 5.56 Å². The second-order valence-electron chi connectivity index (χ2n) is 6.16. The number of aromatic nitrogens is 2. The molecule has 0 bridgehead atoms. The zero-order valence-electron chi connectivity index (χ0n) is 15.0. The lowest BCUT2D eigenvalue weighted by atomic mass is 10.1. The third-order valence-electron chi connectivity index (χ3n) is 4.22. The lowest BCUT2D eigenvalue weighted by Gasteiger charge is -2.20. The SMILES string of the molecule is COc1ccccc1[C@H](C)N[C@H](C)c1nnc(-c2ccc(C)cc2)o1. The molecule has 1 heterocycles. The molecule has 0 saturated heterocycles. The van der Waals surface area contributed by atoms with Crippen LogP contribution in [0.3, 0.4) is 0 Å². The lowest BCUT2D eigenvalue weighted by molar-refractivity contribution is 0.375. The van der Waals surface area contributed by atoms with Crippen molar-refractivity contribution in [2.24, 2.45) is 0 Å². The number of aryl methyl sites for hydroxylation is 1. The van der Waals surface area contributed by atoms with Gasteiger partial charge in [-0.1, -0.05) is 35.9 Å². The maximum atomic E-state index is 5.85. The first kappa shape index (κ1) is 17.2. The van der Waals surface area contributed by atoms with Crippen LogP contribution in [0.25, 0.3) is 11.5 Å². The standard InChI is InChI=1S/C20H23N3O2/c1-13-9-11-16(12-10-13)20-23-22-19(25-20)15(3)21-14(2)17-7-5-6-8-18(17)24-4/h5-12,14-15,21H,1-4H3/t14-,15+/m0/s1. The maximum Gasteiger partial charge on any atom is 0.247 e. The summed E-state index contributed by atoms with van der Waals surface area (Å²) in [5.74, 6) is 1.96. The monoisotopic (exact) mass is 337 g/mol. The molecule has 0 aliphatic rings. The molecule has 2 aromatic carbocycles. The molecule has 1 N–H and O–H groups in total. The maximum absolute atomic E-state index is 5.85. The third-order valence-corrected chi connectivity index (χ3v) is 4.22. The highest BCUT2D eigenvalue weighted by Gasteiger charge is 2.19. The van der Waals surface area contributed by atoms with Crippen LogP contribution in [0, 0.1) is 6.92 Å². The number of hydrogen-bond acceptors (Lipinski definition) is 5. The van der Waals surface area contributed by atoms with Gasteiger partial charge in [-0.3, -0.25) is 5.32 Å². The Hall–Kier alpha value is -2.66. The van der Waals surface area contributed by atoms with Gasteiger partial charge in [0.2, 0.25) is 11.8 Å². The summed E-state index contributed by atoms with van der Waals surface area (Å²) in [6.07, 6.45) is 0. The summed E-state index contributed by atoms with van der Waals surface area (Å²) >= 11 is 0. The Morgan fingerprint density at radius 2 is 1.68 bits per heavy atom. The summed E-state index contributed by atoms with van der Waals surface area (Å²) in [6, 6.07) is 16.0. The molecule has 25 heavy (non-hydrogen) atoms. The van der Waals surface area contributed by atoms with Crippen molar-refractivity contribution in [3.8, 4) is 17.2 Å². The fourth-order valence-corrected chi connectivity index (χ4v) is 2.78. The lowest BCUT2D eigenvalue weighted by Crippen LogP contribution is -2.23. The Bertz CT molecular complexity index is 827. The number of rotatable bonds is 6. The van der Waals surface area contributed by atoms with Gasteiger partial charge in [-0.25, -0.2) is 0 Å². The Kier molecular flexibility index (Phi) is 5.14. The van der Waals surface area contributed by atoms with E-state index in [0.29, 0.717) is 11.8 Å². The second kappa shape index (κ2) is 7.49. The molecular weight excluding hydrogens is 314 g/mol. The molecule has 0 radical (unpaired) electrons. The molecule has 0 spiro atoms. The van der Waals surface area contributed by atoms with Crippen LogP contribution in [0.1, 0.15) is 42.9 Å². The number of ether oxygens (including phenoxy) is 1. The van der Waals surface area contributed by atoms with Crippen molar-refractivity contribution in [3.63, 3.8) is 0 Å². The van der Waals surface area contributed by atoms with E-state index in [9.17, 15) is 0 Å². The largest absolute Gasteiger partial charge is 0.496 e. The molecule has 0 aliphatic carbocycles. The molecule has 2 atom stereocenters. The van der Waals surface area contributed by atoms with E-state index >= 15 is 0 Å². The van der Waals surface area contributed by atoms with E-state index in [2.05, 4.69) is 28.5 Å². The van der Waals surface area contributed by atoms with E-state index in [0.717, 1.165) is 16.9 Å². The minimum absolute atomic E-state index is 0.0772. The van der Waals surface area contributed by atoms with Crippen molar-refractivity contribution >= 4 is 0 Å². The van der Waals surface area contributed by atoms with Crippen LogP contribution >= 0.6 is 0 Å². The zero-order valence-corrected chi connectivity index (χ0v) is 15.0. The highest BCUT2D eigenvalue weighted by atomic mass is 16.5. The molecule has 0 fully saturated rings. The van der Waals surface area contributed by atoms with Gasteiger partial charge in [0.15, 0.2) is 0 Å². The van der Waals surface area contributed by atoms with Crippen molar-refractivity contribution in [1.29, 1.82) is 0 Å². The van der Waals surface area contributed by atoms with Crippen LogP contribution in [0.2, 0.25) is 0 Å². The molecule has 0 unspecified atom stereocenters. The molecule has 3 rings (SSSR count). The Morgan fingerprint density at radius 3 is 2.40 bits per heavy atom. The smallest absolute Gasteiger partial charge is 0.247 e. The molecule has 1 aromatic heterocycles. The van der Waals surface area contributed by atoms with Gasteiger partial charge < -0.3 is 9.15 Å². The van der Waals surface area contributed by atoms with Gasteiger partial charge in [0, 0.05) is 17.2 Å². The average Bonchev–Trinajstić information content (AvgIpc) is 3.12. The van der Waals surface area contributed by atoms with Crippen molar-refractivity contribution < 1.29 is 9.15 Å². The minimum atomic E-state index is -0.0772. The zero-order chi connectivity index (χ0) is 17.8. The van der Waals surface area contributed by atoms with Gasteiger partial charge in [-0.2, -0.15) is 0 Å². The number of nitrogens with one attached hydrogen (secondary N) is 1. The Balaban J connectivity index is 1.73. The van der Waals surface area contributed by atoms with Gasteiger partial charge in [-0.05, 0) is 39.0 Å². The number of hydrogen-bond donors (Lipinski definition) is 1. The number of methoxy groups -OCH3 is 1. The summed E-state index contributed by atoms with van der Waals surface area (Å²) in [4.78, 5) is 0. The molecule has 3 aromatic rings. The molecule has 0 amide bonds. The summed E-state index contributed by atoms with van der Waals surface area (Å²) in [5.41, 5.74) is 3.22. The predicted molar refractivity (Wildman–Crippen MR) is 97.4 cm³/mol. The predicted octanol–water partition coefficient (Wildman–Crippen LogP) is 4.47. The van der Waals surface area contributed by atoms with Gasteiger partial charge in [0.05, 0.1) is 13.2 Å². The van der Waals surface area contributed by atoms with E-state index in [4.69, 9.17) is 9.15 Å². The van der Waals surface area contributed by atoms with Crippen LogP contribution in [0.15, 0.2) is 52.9 Å². The van der Waals surface area contributed by atoms with Gasteiger partial charge >= 0.3 is 0 Å². The van der Waals surface area contributed by atoms with E-state index in [-0.39, 0.29) is 12.1 Å². The summed E-state index contributed by atoms with van der Waals surface area (Å²) < 4.78 is 11.3. The number of nitrogens with zero attached hydrogens (tertiary/aromatic N) is 2. The fourth-order valence-electron chi connectivity index (χ4n) is 2.78. The van der Waals surface area contributed by atoms with Crippen LogP contribution in [0.5, 0.6) is 5.75 Å². The average molecular weight is 337 g/mol. The molecule has 0 saturated carbocycles. The van der Waals surface area contributed by atoms with Gasteiger partial charge in [0.1, 0.15) is 5.75 Å². The first-order valence-corrected chi connectivity index (χ1v) is 8.38. The molecular formula is C20H23N3O2. The van der Waals surface area contributed by atoms with Crippen molar-refractivity contribution in [3.05, 3.63) is 65.5 Å². The van der Waals surface area contributed by atoms with Crippen LogP contribution in [-0.4, -0.2) is 17.3 Å². The fraction of sp³-hybridized carbons (Fsp3) is 0.300. The third kappa shape index (κ3) is 3.88. The highest BCUT2D eigenvalue weighted by Crippen LogP contribution is 2.27. The van der Waals surface area contributed by atoms with Crippen molar-refractivity contribution in [1.82, 2.24) is 15.5 Å². The van der Waals surface area contributed by atoms with Gasteiger partial charge in [-0.15, -0.1) is 10.2 Å². The Labute approximate surface area is 148 Å². The summed E-state index contributed by atoms with van der Waals surface area (Å²) in [6.45, 7) is 6.15. The van der Waals surface area contributed by atoms with Crippen LogP contribution < -0.4 is 10.1 Å². The minimum Gasteiger partial charge on any atom is -0.496 e. The van der Waals surface area contributed by atoms with Crippen molar-refractivity contribution in [2.75, 3.05) is 7.11 Å². The normalized spacial score (nSPS) is 13.4. The topological polar surface area (TPSA) is 60.2 Å². The van der Waals surface area contributed by atoms with Gasteiger partial charge in [0.25, 0.3) is 0 Å². The van der Waals surface area contributed by atoms with Crippen LogP contribution in [-0.2, 0) is 0 Å². The summed E-state index contributed by atoms with van der Waals surface area (Å²) in [5, 5.41) is 11.8. The molecule has 5 nitrogen and oxygen atoms in total. The number of benzene rings is 2. The second-order valence-corrected chi connectivity index (χ2v) is 6.16. The first-order chi connectivity index (χ1) is 12.1. The van der Waals surface area contributed by atoms with Crippen LogP contribution in [0.4, 0.5) is 0 Å². The highest BCUT2D eigenvalue weighted by molar-refractivity contribution is 5.52. The molecule has 0 aliphatic heterocycles. The van der Waals surface area contributed by atoms with E-state index < -0.39 is 0 Å². The van der Waals surface area contributed by atoms with Crippen molar-refractivity contribution in [2.45, 2.75) is 32.9 Å². The number of para-hydroxylation sites is 1. The quantitative estimate of drug-likeness (QED) is 0.719. The van der Waals surface area contributed by atoms with E-state index in [1.807, 2.05) is 56.3 Å². The molecule has 5 heteroatoms. The molecule has 130 valence electrons. The first-order valence-electron chi connectivity index (χ1n) is 8.38. The van der Waals surface area contributed by atoms with E-state index in [1.54, 1.807) is 7.11 Å².